The first kappa shape index (κ1) is 11.2. The van der Waals surface area contributed by atoms with Gasteiger partial charge in [0.2, 0.25) is 5.91 Å². The van der Waals surface area contributed by atoms with Gasteiger partial charge in [-0.1, -0.05) is 6.58 Å². The molecule has 0 spiro atoms. The maximum atomic E-state index is 11.8. The molecular weight excluding hydrogens is 204 g/mol. The number of ether oxygens (including phenoxy) is 1. The molecule has 0 radical (unpaired) electrons. The van der Waals surface area contributed by atoms with Crippen LogP contribution in [0.5, 0.6) is 5.75 Å². The normalized spacial score (nSPS) is 9.80. The van der Waals surface area contributed by atoms with Crippen LogP contribution in [0.3, 0.4) is 0 Å². The van der Waals surface area contributed by atoms with Gasteiger partial charge in [-0.05, 0) is 30.3 Å². The summed E-state index contributed by atoms with van der Waals surface area (Å²) in [6, 6.07) is 5.59. The number of benzene rings is 1. The Hall–Kier alpha value is -1.91. The Morgan fingerprint density at radius 3 is 2.47 bits per heavy atom. The molecule has 0 saturated heterocycles. The predicted octanol–water partition coefficient (Wildman–Crippen LogP) is 2.41. The first-order valence-corrected chi connectivity index (χ1v) is 4.10. The highest BCUT2D eigenvalue weighted by molar-refractivity contribution is 5.98. The molecule has 0 heterocycles. The number of halogens is 2. The summed E-state index contributed by atoms with van der Waals surface area (Å²) in [7, 11) is 0. The van der Waals surface area contributed by atoms with Gasteiger partial charge in [0.05, 0.1) is 0 Å². The lowest BCUT2D eigenvalue weighted by atomic mass is 10.3. The van der Waals surface area contributed by atoms with Crippen molar-refractivity contribution in [3.05, 3.63) is 36.9 Å². The lowest BCUT2D eigenvalue weighted by molar-refractivity contribution is -0.111. The summed E-state index contributed by atoms with van der Waals surface area (Å²) in [6.45, 7) is 0.429. The second kappa shape index (κ2) is 5.09. The molecule has 0 aromatic heterocycles. The predicted molar refractivity (Wildman–Crippen MR) is 51.9 cm³/mol. The van der Waals surface area contributed by atoms with E-state index in [1.54, 1.807) is 0 Å². The molecule has 0 aliphatic heterocycles. The Bertz CT molecular complexity index is 349. The first-order chi connectivity index (χ1) is 7.11. The van der Waals surface area contributed by atoms with Crippen molar-refractivity contribution in [2.75, 3.05) is 5.32 Å². The minimum Gasteiger partial charge on any atom is -0.435 e. The number of rotatable bonds is 4. The largest absolute Gasteiger partial charge is 0.435 e. The van der Waals surface area contributed by atoms with Crippen molar-refractivity contribution in [1.82, 2.24) is 0 Å². The SMILES string of the molecule is C=CC(=O)Nc1ccc(OC(F)F)cc1. The van der Waals surface area contributed by atoms with Gasteiger partial charge in [-0.2, -0.15) is 8.78 Å². The Morgan fingerprint density at radius 1 is 1.40 bits per heavy atom. The molecule has 0 saturated carbocycles. The van der Waals surface area contributed by atoms with Gasteiger partial charge in [0, 0.05) is 5.69 Å². The molecule has 0 bridgehead atoms. The Morgan fingerprint density at radius 2 is 2.00 bits per heavy atom. The summed E-state index contributed by atoms with van der Waals surface area (Å²) in [5, 5.41) is 2.47. The fourth-order valence-electron chi connectivity index (χ4n) is 0.913. The zero-order valence-electron chi connectivity index (χ0n) is 7.74. The zero-order valence-corrected chi connectivity index (χ0v) is 7.74. The van der Waals surface area contributed by atoms with Crippen LogP contribution < -0.4 is 10.1 Å². The van der Waals surface area contributed by atoms with Crippen molar-refractivity contribution in [1.29, 1.82) is 0 Å². The quantitative estimate of drug-likeness (QED) is 0.780. The maximum absolute atomic E-state index is 11.8. The maximum Gasteiger partial charge on any atom is 0.387 e. The number of hydrogen-bond acceptors (Lipinski definition) is 2. The van der Waals surface area contributed by atoms with E-state index < -0.39 is 6.61 Å². The van der Waals surface area contributed by atoms with Crippen LogP contribution in [-0.4, -0.2) is 12.5 Å². The summed E-state index contributed by atoms with van der Waals surface area (Å²) in [5.74, 6) is -0.320. The van der Waals surface area contributed by atoms with Crippen LogP contribution in [0.15, 0.2) is 36.9 Å². The standard InChI is InChI=1S/C10H9F2NO2/c1-2-9(14)13-7-3-5-8(6-4-7)15-10(11)12/h2-6,10H,1H2,(H,13,14). The first-order valence-electron chi connectivity index (χ1n) is 4.10. The van der Waals surface area contributed by atoms with E-state index in [1.807, 2.05) is 0 Å². The number of nitrogens with one attached hydrogen (secondary N) is 1. The van der Waals surface area contributed by atoms with Crippen LogP contribution in [0, 0.1) is 0 Å². The molecular formula is C10H9F2NO2. The van der Waals surface area contributed by atoms with Gasteiger partial charge in [-0.15, -0.1) is 0 Å². The lowest BCUT2D eigenvalue weighted by Crippen LogP contribution is -2.07. The average Bonchev–Trinajstić information content (AvgIpc) is 2.20. The molecule has 5 heteroatoms. The topological polar surface area (TPSA) is 38.3 Å². The number of amides is 1. The molecule has 1 N–H and O–H groups in total. The highest BCUT2D eigenvalue weighted by atomic mass is 19.3. The van der Waals surface area contributed by atoms with E-state index in [-0.39, 0.29) is 11.7 Å². The number of hydrogen-bond donors (Lipinski definition) is 1. The second-order valence-electron chi connectivity index (χ2n) is 2.60. The van der Waals surface area contributed by atoms with Crippen molar-refractivity contribution >= 4 is 11.6 Å². The highest BCUT2D eigenvalue weighted by Gasteiger charge is 2.03. The van der Waals surface area contributed by atoms with Gasteiger partial charge in [-0.25, -0.2) is 0 Å². The van der Waals surface area contributed by atoms with E-state index in [0.29, 0.717) is 5.69 Å². The van der Waals surface area contributed by atoms with Crippen LogP contribution >= 0.6 is 0 Å². The number of anilines is 1. The van der Waals surface area contributed by atoms with E-state index in [0.717, 1.165) is 6.08 Å². The van der Waals surface area contributed by atoms with Gasteiger partial charge in [0.1, 0.15) is 5.75 Å². The van der Waals surface area contributed by atoms with E-state index >= 15 is 0 Å². The van der Waals surface area contributed by atoms with Crippen molar-refractivity contribution in [3.63, 3.8) is 0 Å². The van der Waals surface area contributed by atoms with Gasteiger partial charge < -0.3 is 10.1 Å². The van der Waals surface area contributed by atoms with E-state index in [1.165, 1.54) is 24.3 Å². The molecule has 0 fully saturated rings. The third-order valence-electron chi connectivity index (χ3n) is 1.53. The monoisotopic (exact) mass is 213 g/mol. The fraction of sp³-hybridized carbons (Fsp3) is 0.100. The third-order valence-corrected chi connectivity index (χ3v) is 1.53. The van der Waals surface area contributed by atoms with Gasteiger partial charge >= 0.3 is 6.61 Å². The second-order valence-corrected chi connectivity index (χ2v) is 2.60. The Kier molecular flexibility index (Phi) is 3.79. The lowest BCUT2D eigenvalue weighted by Gasteiger charge is -2.05. The molecule has 0 aliphatic carbocycles. The fourth-order valence-corrected chi connectivity index (χ4v) is 0.913. The van der Waals surface area contributed by atoms with Gasteiger partial charge in [0.25, 0.3) is 0 Å². The molecule has 1 aromatic rings. The zero-order chi connectivity index (χ0) is 11.3. The molecule has 0 atom stereocenters. The average molecular weight is 213 g/mol. The summed E-state index contributed by atoms with van der Waals surface area (Å²) in [6.07, 6.45) is 1.11. The summed E-state index contributed by atoms with van der Waals surface area (Å²) < 4.78 is 27.7. The van der Waals surface area contributed by atoms with E-state index in [9.17, 15) is 13.6 Å². The molecule has 1 aromatic carbocycles. The number of alkyl halides is 2. The van der Waals surface area contributed by atoms with Crippen molar-refractivity contribution < 1.29 is 18.3 Å². The number of carbonyl (C=O) groups is 1. The van der Waals surface area contributed by atoms with Crippen LogP contribution in [0.1, 0.15) is 0 Å². The minimum absolute atomic E-state index is 0.0432. The highest BCUT2D eigenvalue weighted by Crippen LogP contribution is 2.17. The molecule has 1 rings (SSSR count). The van der Waals surface area contributed by atoms with Gasteiger partial charge in [-0.3, -0.25) is 4.79 Å². The molecule has 0 unspecified atom stereocenters. The van der Waals surface area contributed by atoms with Crippen LogP contribution in [0.25, 0.3) is 0 Å². The van der Waals surface area contributed by atoms with Crippen molar-refractivity contribution in [3.8, 4) is 5.75 Å². The summed E-state index contributed by atoms with van der Waals surface area (Å²) in [4.78, 5) is 10.9. The molecule has 3 nitrogen and oxygen atoms in total. The minimum atomic E-state index is -2.85. The van der Waals surface area contributed by atoms with E-state index in [2.05, 4.69) is 16.6 Å². The third kappa shape index (κ3) is 3.76. The smallest absolute Gasteiger partial charge is 0.387 e. The summed E-state index contributed by atoms with van der Waals surface area (Å²) in [5.41, 5.74) is 0.488. The molecule has 80 valence electrons. The van der Waals surface area contributed by atoms with Crippen LogP contribution in [0.2, 0.25) is 0 Å². The summed E-state index contributed by atoms with van der Waals surface area (Å²) >= 11 is 0. The van der Waals surface area contributed by atoms with E-state index in [4.69, 9.17) is 0 Å². The molecule has 0 aliphatic rings. The van der Waals surface area contributed by atoms with Crippen molar-refractivity contribution in [2.24, 2.45) is 0 Å². The Labute approximate surface area is 85.4 Å². The van der Waals surface area contributed by atoms with Crippen LogP contribution in [0.4, 0.5) is 14.5 Å². The number of carbonyl (C=O) groups excluding carboxylic acids is 1. The molecule has 15 heavy (non-hydrogen) atoms. The van der Waals surface area contributed by atoms with Gasteiger partial charge in [0.15, 0.2) is 0 Å². The van der Waals surface area contributed by atoms with Crippen LogP contribution in [-0.2, 0) is 4.79 Å². The molecule has 1 amide bonds. The Balaban J connectivity index is 2.63. The van der Waals surface area contributed by atoms with Crippen molar-refractivity contribution in [2.45, 2.75) is 6.61 Å².